The van der Waals surface area contributed by atoms with Gasteiger partial charge in [-0.2, -0.15) is 0 Å². The Morgan fingerprint density at radius 3 is 2.38 bits per heavy atom. The molecule has 8 nitrogen and oxygen atoms in total. The van der Waals surface area contributed by atoms with Crippen molar-refractivity contribution in [2.45, 2.75) is 32.1 Å². The van der Waals surface area contributed by atoms with Crippen LogP contribution in [0.4, 0.5) is 0 Å². The summed E-state index contributed by atoms with van der Waals surface area (Å²) in [6.45, 7) is 6.21. The molecule has 1 aromatic rings. The number of esters is 1. The van der Waals surface area contributed by atoms with Crippen molar-refractivity contribution in [3.05, 3.63) is 24.3 Å². The molecule has 0 saturated carbocycles. The van der Waals surface area contributed by atoms with Crippen molar-refractivity contribution in [3.8, 4) is 5.75 Å². The average molecular weight is 386 g/mol. The zero-order valence-electron chi connectivity index (χ0n) is 15.3. The van der Waals surface area contributed by atoms with Gasteiger partial charge in [-0.25, -0.2) is 13.1 Å². The Morgan fingerprint density at radius 2 is 1.81 bits per heavy atom. The first-order valence-electron chi connectivity index (χ1n) is 8.39. The summed E-state index contributed by atoms with van der Waals surface area (Å²) in [5.74, 6) is -0.168. The molecule has 0 unspecified atom stereocenters. The first-order chi connectivity index (χ1) is 12.2. The second-order valence-electron chi connectivity index (χ2n) is 5.91. The molecule has 0 aliphatic heterocycles. The Hall–Kier alpha value is -2.13. The van der Waals surface area contributed by atoms with E-state index in [9.17, 15) is 18.0 Å². The molecule has 0 saturated heterocycles. The van der Waals surface area contributed by atoms with Gasteiger partial charge in [0.25, 0.3) is 5.91 Å². The van der Waals surface area contributed by atoms with Crippen LogP contribution in [-0.2, 0) is 24.3 Å². The second-order valence-corrected chi connectivity index (χ2v) is 7.68. The van der Waals surface area contributed by atoms with E-state index in [1.807, 2.05) is 20.8 Å². The molecular weight excluding hydrogens is 360 g/mol. The summed E-state index contributed by atoms with van der Waals surface area (Å²) >= 11 is 0. The van der Waals surface area contributed by atoms with Crippen LogP contribution in [0.2, 0.25) is 0 Å². The van der Waals surface area contributed by atoms with Gasteiger partial charge in [-0.1, -0.05) is 13.8 Å². The Bertz CT molecular complexity index is 686. The topological polar surface area (TPSA) is 111 Å². The smallest absolute Gasteiger partial charge is 0.307 e. The zero-order chi connectivity index (χ0) is 19.6. The van der Waals surface area contributed by atoms with Gasteiger partial charge in [-0.15, -0.1) is 0 Å². The molecule has 1 rings (SSSR count). The molecule has 9 heteroatoms. The van der Waals surface area contributed by atoms with Crippen molar-refractivity contribution in [2.24, 2.45) is 5.92 Å². The largest absolute Gasteiger partial charge is 0.494 e. The SMILES string of the molecule is CCOc1ccc(S(=O)(=O)NCCC(=O)OCC(=O)NCC(C)C)cc1. The highest BCUT2D eigenvalue weighted by Crippen LogP contribution is 2.15. The first-order valence-corrected chi connectivity index (χ1v) is 9.87. The summed E-state index contributed by atoms with van der Waals surface area (Å²) in [4.78, 5) is 23.1. The quantitative estimate of drug-likeness (QED) is 0.551. The Morgan fingerprint density at radius 1 is 1.15 bits per heavy atom. The van der Waals surface area contributed by atoms with Crippen LogP contribution in [0.3, 0.4) is 0 Å². The Labute approximate surface area is 154 Å². The second kappa shape index (κ2) is 10.8. The zero-order valence-corrected chi connectivity index (χ0v) is 16.1. The highest BCUT2D eigenvalue weighted by atomic mass is 32.2. The monoisotopic (exact) mass is 386 g/mol. The molecule has 0 fully saturated rings. The summed E-state index contributed by atoms with van der Waals surface area (Å²) in [6, 6.07) is 5.96. The Balaban J connectivity index is 2.36. The van der Waals surface area contributed by atoms with Crippen molar-refractivity contribution in [2.75, 3.05) is 26.3 Å². The van der Waals surface area contributed by atoms with Crippen molar-refractivity contribution in [1.29, 1.82) is 0 Å². The van der Waals surface area contributed by atoms with Crippen LogP contribution in [0.1, 0.15) is 27.2 Å². The molecular formula is C17H26N2O6S. The molecule has 0 aliphatic carbocycles. The van der Waals surface area contributed by atoms with Crippen LogP contribution in [0.15, 0.2) is 29.2 Å². The minimum atomic E-state index is -3.73. The molecule has 0 bridgehead atoms. The fraction of sp³-hybridized carbons (Fsp3) is 0.529. The average Bonchev–Trinajstić information content (AvgIpc) is 2.58. The number of carbonyl (C=O) groups is 2. The molecule has 146 valence electrons. The molecule has 0 radical (unpaired) electrons. The van der Waals surface area contributed by atoms with E-state index in [2.05, 4.69) is 10.0 Å². The summed E-state index contributed by atoms with van der Waals surface area (Å²) < 4.78 is 36.6. The van der Waals surface area contributed by atoms with Gasteiger partial charge in [0.2, 0.25) is 10.0 Å². The molecule has 2 N–H and O–H groups in total. The highest BCUT2D eigenvalue weighted by Gasteiger charge is 2.15. The van der Waals surface area contributed by atoms with Crippen LogP contribution in [0.25, 0.3) is 0 Å². The van der Waals surface area contributed by atoms with Gasteiger partial charge >= 0.3 is 5.97 Å². The van der Waals surface area contributed by atoms with Gasteiger partial charge in [-0.05, 0) is 37.1 Å². The van der Waals surface area contributed by atoms with Gasteiger partial charge in [0.15, 0.2) is 6.61 Å². The summed E-state index contributed by atoms with van der Waals surface area (Å²) in [6.07, 6.45) is -0.173. The third-order valence-corrected chi connectivity index (χ3v) is 4.61. The van der Waals surface area contributed by atoms with E-state index in [4.69, 9.17) is 9.47 Å². The van der Waals surface area contributed by atoms with Crippen LogP contribution in [-0.4, -0.2) is 46.6 Å². The normalized spacial score (nSPS) is 11.2. The van der Waals surface area contributed by atoms with E-state index in [1.165, 1.54) is 12.1 Å². The Kier molecular flexibility index (Phi) is 9.08. The van der Waals surface area contributed by atoms with Crippen molar-refractivity contribution in [3.63, 3.8) is 0 Å². The van der Waals surface area contributed by atoms with E-state index < -0.39 is 16.0 Å². The maximum Gasteiger partial charge on any atom is 0.307 e. The predicted molar refractivity (Wildman–Crippen MR) is 96.2 cm³/mol. The molecule has 0 heterocycles. The number of amides is 1. The number of nitrogens with one attached hydrogen (secondary N) is 2. The number of hydrogen-bond donors (Lipinski definition) is 2. The van der Waals surface area contributed by atoms with Crippen molar-refractivity contribution < 1.29 is 27.5 Å². The number of ether oxygens (including phenoxy) is 2. The number of sulfonamides is 1. The van der Waals surface area contributed by atoms with Gasteiger partial charge in [0.1, 0.15) is 5.75 Å². The number of carbonyl (C=O) groups excluding carboxylic acids is 2. The lowest BCUT2D eigenvalue weighted by atomic mass is 10.2. The molecule has 26 heavy (non-hydrogen) atoms. The number of rotatable bonds is 11. The van der Waals surface area contributed by atoms with E-state index >= 15 is 0 Å². The lowest BCUT2D eigenvalue weighted by Gasteiger charge is -2.09. The molecule has 1 aromatic carbocycles. The number of benzene rings is 1. The maximum atomic E-state index is 12.1. The van der Waals surface area contributed by atoms with Crippen LogP contribution in [0, 0.1) is 5.92 Å². The molecule has 0 aromatic heterocycles. The van der Waals surface area contributed by atoms with Gasteiger partial charge in [-0.3, -0.25) is 9.59 Å². The molecule has 0 atom stereocenters. The minimum Gasteiger partial charge on any atom is -0.494 e. The molecule has 0 spiro atoms. The van der Waals surface area contributed by atoms with Crippen molar-refractivity contribution in [1.82, 2.24) is 10.0 Å². The third kappa shape index (κ3) is 8.30. The van der Waals surface area contributed by atoms with E-state index in [-0.39, 0.29) is 30.4 Å². The number of hydrogen-bond acceptors (Lipinski definition) is 6. The van der Waals surface area contributed by atoms with Crippen LogP contribution in [0.5, 0.6) is 5.75 Å². The van der Waals surface area contributed by atoms with Crippen LogP contribution < -0.4 is 14.8 Å². The van der Waals surface area contributed by atoms with E-state index in [0.717, 1.165) is 0 Å². The van der Waals surface area contributed by atoms with Gasteiger partial charge < -0.3 is 14.8 Å². The lowest BCUT2D eigenvalue weighted by Crippen LogP contribution is -2.32. The summed E-state index contributed by atoms with van der Waals surface area (Å²) in [5.41, 5.74) is 0. The van der Waals surface area contributed by atoms with Crippen LogP contribution >= 0.6 is 0 Å². The molecule has 0 aliphatic rings. The van der Waals surface area contributed by atoms with Gasteiger partial charge in [0.05, 0.1) is 17.9 Å². The molecule has 1 amide bonds. The summed E-state index contributed by atoms with van der Waals surface area (Å²) in [7, 11) is -3.73. The first kappa shape index (κ1) is 21.9. The van der Waals surface area contributed by atoms with Gasteiger partial charge in [0, 0.05) is 13.1 Å². The third-order valence-electron chi connectivity index (χ3n) is 3.14. The van der Waals surface area contributed by atoms with E-state index in [0.29, 0.717) is 24.8 Å². The fourth-order valence-electron chi connectivity index (χ4n) is 1.84. The highest BCUT2D eigenvalue weighted by molar-refractivity contribution is 7.89. The fourth-order valence-corrected chi connectivity index (χ4v) is 2.87. The standard InChI is InChI=1S/C17H26N2O6S/c1-4-24-14-5-7-15(8-6-14)26(22,23)19-10-9-17(21)25-12-16(20)18-11-13(2)3/h5-8,13,19H,4,9-12H2,1-3H3,(H,18,20). The van der Waals surface area contributed by atoms with E-state index in [1.54, 1.807) is 12.1 Å². The lowest BCUT2D eigenvalue weighted by molar-refractivity contribution is -0.148. The van der Waals surface area contributed by atoms with Crippen molar-refractivity contribution >= 4 is 21.9 Å². The predicted octanol–water partition coefficient (Wildman–Crippen LogP) is 1.07. The summed E-state index contributed by atoms with van der Waals surface area (Å²) in [5, 5.41) is 2.61. The minimum absolute atomic E-state index is 0.0717. The maximum absolute atomic E-state index is 12.1.